The first kappa shape index (κ1) is 11.8. The summed E-state index contributed by atoms with van der Waals surface area (Å²) in [4.78, 5) is 16.9. The van der Waals surface area contributed by atoms with Gasteiger partial charge in [0, 0.05) is 4.88 Å². The first-order valence-corrected chi connectivity index (χ1v) is 6.52. The van der Waals surface area contributed by atoms with Gasteiger partial charge in [0.15, 0.2) is 0 Å². The van der Waals surface area contributed by atoms with E-state index in [0.29, 0.717) is 11.3 Å². The van der Waals surface area contributed by atoms with Crippen LogP contribution in [-0.4, -0.2) is 11.7 Å². The molecule has 0 spiro atoms. The maximum Gasteiger partial charge on any atom is 0.275 e. The van der Waals surface area contributed by atoms with Gasteiger partial charge in [0.2, 0.25) is 0 Å². The number of hydrogen-bond acceptors (Lipinski definition) is 3. The summed E-state index contributed by atoms with van der Waals surface area (Å²) < 4.78 is 13.6. The Labute approximate surface area is 113 Å². The van der Waals surface area contributed by atoms with Crippen molar-refractivity contribution in [2.24, 2.45) is 4.99 Å². The fourth-order valence-corrected chi connectivity index (χ4v) is 2.41. The molecule has 0 radical (unpaired) electrons. The standard InChI is InChI=1S/C14H9FN2OS/c15-11-6-2-1-5-10(11)13-16-12(14(18)17-13)8-9-4-3-7-19-9/h1-8H,(H,16,17,18). The third-order valence-electron chi connectivity index (χ3n) is 2.65. The Kier molecular flexibility index (Phi) is 2.97. The predicted octanol–water partition coefficient (Wildman–Crippen LogP) is 2.80. The smallest absolute Gasteiger partial charge is 0.275 e. The van der Waals surface area contributed by atoms with Crippen LogP contribution in [0.1, 0.15) is 10.4 Å². The van der Waals surface area contributed by atoms with E-state index in [9.17, 15) is 9.18 Å². The Morgan fingerprint density at radius 3 is 2.79 bits per heavy atom. The van der Waals surface area contributed by atoms with Crippen LogP contribution < -0.4 is 5.32 Å². The normalized spacial score (nSPS) is 16.6. The van der Waals surface area contributed by atoms with Crippen LogP contribution in [0, 0.1) is 5.82 Å². The van der Waals surface area contributed by atoms with E-state index < -0.39 is 5.82 Å². The summed E-state index contributed by atoms with van der Waals surface area (Å²) in [5.41, 5.74) is 0.589. The molecule has 2 heterocycles. The topological polar surface area (TPSA) is 41.5 Å². The van der Waals surface area contributed by atoms with Gasteiger partial charge < -0.3 is 5.32 Å². The molecule has 3 rings (SSSR count). The molecule has 1 aliphatic heterocycles. The minimum atomic E-state index is -0.404. The zero-order chi connectivity index (χ0) is 13.2. The Hall–Kier alpha value is -2.27. The molecule has 1 N–H and O–H groups in total. The van der Waals surface area contributed by atoms with Gasteiger partial charge in [-0.25, -0.2) is 9.38 Å². The van der Waals surface area contributed by atoms with Gasteiger partial charge >= 0.3 is 0 Å². The number of amidine groups is 1. The molecular weight excluding hydrogens is 263 g/mol. The predicted molar refractivity (Wildman–Crippen MR) is 73.4 cm³/mol. The van der Waals surface area contributed by atoms with E-state index >= 15 is 0 Å². The van der Waals surface area contributed by atoms with Gasteiger partial charge in [-0.15, -0.1) is 11.3 Å². The van der Waals surface area contributed by atoms with Crippen molar-refractivity contribution in [3.8, 4) is 0 Å². The Balaban J connectivity index is 1.98. The van der Waals surface area contributed by atoms with Crippen molar-refractivity contribution in [2.75, 3.05) is 0 Å². The molecule has 1 aliphatic rings. The molecule has 5 heteroatoms. The van der Waals surface area contributed by atoms with E-state index in [4.69, 9.17) is 0 Å². The first-order valence-electron chi connectivity index (χ1n) is 5.64. The number of benzene rings is 1. The number of carbonyl (C=O) groups is 1. The fraction of sp³-hybridized carbons (Fsp3) is 0. The van der Waals surface area contributed by atoms with Crippen LogP contribution in [0.25, 0.3) is 6.08 Å². The number of aliphatic imine (C=N–C) groups is 1. The molecule has 94 valence electrons. The Morgan fingerprint density at radius 1 is 1.21 bits per heavy atom. The number of hydrogen-bond donors (Lipinski definition) is 1. The first-order chi connectivity index (χ1) is 9.24. The van der Waals surface area contributed by atoms with Crippen molar-refractivity contribution in [2.45, 2.75) is 0 Å². The molecule has 0 aliphatic carbocycles. The van der Waals surface area contributed by atoms with Crippen LogP contribution in [0.5, 0.6) is 0 Å². The summed E-state index contributed by atoms with van der Waals surface area (Å²) in [7, 11) is 0. The van der Waals surface area contributed by atoms with E-state index in [-0.39, 0.29) is 11.7 Å². The van der Waals surface area contributed by atoms with Gasteiger partial charge in [0.05, 0.1) is 5.56 Å². The summed E-state index contributed by atoms with van der Waals surface area (Å²) in [6, 6.07) is 10.0. The molecule has 0 unspecified atom stereocenters. The van der Waals surface area contributed by atoms with Crippen LogP contribution >= 0.6 is 11.3 Å². The number of carbonyl (C=O) groups excluding carboxylic acids is 1. The van der Waals surface area contributed by atoms with Crippen molar-refractivity contribution < 1.29 is 9.18 Å². The van der Waals surface area contributed by atoms with Crippen molar-refractivity contribution in [3.63, 3.8) is 0 Å². The van der Waals surface area contributed by atoms with Gasteiger partial charge in [0.25, 0.3) is 5.91 Å². The van der Waals surface area contributed by atoms with E-state index in [1.165, 1.54) is 17.4 Å². The summed E-state index contributed by atoms with van der Waals surface area (Å²) in [5.74, 6) is -0.462. The van der Waals surface area contributed by atoms with E-state index in [0.717, 1.165) is 4.88 Å². The molecule has 0 saturated heterocycles. The minimum absolute atomic E-state index is 0.255. The van der Waals surface area contributed by atoms with Crippen molar-refractivity contribution in [3.05, 3.63) is 63.7 Å². The molecular formula is C14H9FN2OS. The third kappa shape index (κ3) is 2.32. The zero-order valence-corrected chi connectivity index (χ0v) is 10.6. The summed E-state index contributed by atoms with van der Waals surface area (Å²) in [5, 5.41) is 4.50. The molecule has 3 nitrogen and oxygen atoms in total. The lowest BCUT2D eigenvalue weighted by Crippen LogP contribution is -2.25. The highest BCUT2D eigenvalue weighted by molar-refractivity contribution is 7.10. The largest absolute Gasteiger partial charge is 0.305 e. The van der Waals surface area contributed by atoms with Crippen LogP contribution in [0.15, 0.2) is 52.5 Å². The lowest BCUT2D eigenvalue weighted by Gasteiger charge is -2.00. The van der Waals surface area contributed by atoms with Gasteiger partial charge in [-0.1, -0.05) is 18.2 Å². The molecule has 0 saturated carbocycles. The van der Waals surface area contributed by atoms with Crippen molar-refractivity contribution >= 4 is 29.2 Å². The lowest BCUT2D eigenvalue weighted by atomic mass is 10.2. The summed E-state index contributed by atoms with van der Waals surface area (Å²) in [6.07, 6.45) is 1.69. The Bertz CT molecular complexity index is 689. The molecule has 0 atom stereocenters. The minimum Gasteiger partial charge on any atom is -0.305 e. The zero-order valence-electron chi connectivity index (χ0n) is 9.76. The average Bonchev–Trinajstić information content (AvgIpc) is 3.02. The number of nitrogens with zero attached hydrogens (tertiary/aromatic N) is 1. The van der Waals surface area contributed by atoms with E-state index in [1.54, 1.807) is 24.3 Å². The quantitative estimate of drug-likeness (QED) is 0.839. The van der Waals surface area contributed by atoms with Crippen LogP contribution in [-0.2, 0) is 4.79 Å². The number of amides is 1. The highest BCUT2D eigenvalue weighted by Crippen LogP contribution is 2.18. The third-order valence-corrected chi connectivity index (χ3v) is 3.47. The van der Waals surface area contributed by atoms with Gasteiger partial charge in [-0.2, -0.15) is 0 Å². The van der Waals surface area contributed by atoms with Gasteiger partial charge in [-0.3, -0.25) is 4.79 Å². The SMILES string of the molecule is O=C1NC(c2ccccc2F)=NC1=Cc1cccs1. The highest BCUT2D eigenvalue weighted by atomic mass is 32.1. The molecule has 1 aromatic carbocycles. The van der Waals surface area contributed by atoms with E-state index in [1.807, 2.05) is 17.5 Å². The van der Waals surface area contributed by atoms with Gasteiger partial charge in [-0.05, 0) is 29.7 Å². The second-order valence-electron chi connectivity index (χ2n) is 3.94. The molecule has 1 aromatic heterocycles. The van der Waals surface area contributed by atoms with Crippen LogP contribution in [0.4, 0.5) is 4.39 Å². The summed E-state index contributed by atoms with van der Waals surface area (Å²) in [6.45, 7) is 0. The number of thiophene rings is 1. The van der Waals surface area contributed by atoms with Crippen LogP contribution in [0.2, 0.25) is 0 Å². The Morgan fingerprint density at radius 2 is 2.05 bits per heavy atom. The van der Waals surface area contributed by atoms with Crippen LogP contribution in [0.3, 0.4) is 0 Å². The highest BCUT2D eigenvalue weighted by Gasteiger charge is 2.22. The number of halogens is 1. The number of nitrogens with one attached hydrogen (secondary N) is 1. The number of rotatable bonds is 2. The molecule has 19 heavy (non-hydrogen) atoms. The van der Waals surface area contributed by atoms with Gasteiger partial charge in [0.1, 0.15) is 17.3 Å². The second-order valence-corrected chi connectivity index (χ2v) is 4.92. The summed E-state index contributed by atoms with van der Waals surface area (Å²) >= 11 is 1.51. The fourth-order valence-electron chi connectivity index (χ4n) is 1.76. The molecule has 2 aromatic rings. The molecule has 0 bridgehead atoms. The maximum atomic E-state index is 13.6. The monoisotopic (exact) mass is 272 g/mol. The molecule has 0 fully saturated rings. The lowest BCUT2D eigenvalue weighted by molar-refractivity contribution is -0.115. The maximum absolute atomic E-state index is 13.6. The molecule has 1 amide bonds. The average molecular weight is 272 g/mol. The second kappa shape index (κ2) is 4.78. The van der Waals surface area contributed by atoms with Crippen molar-refractivity contribution in [1.29, 1.82) is 0 Å². The van der Waals surface area contributed by atoms with Crippen molar-refractivity contribution in [1.82, 2.24) is 5.32 Å². The van der Waals surface area contributed by atoms with E-state index in [2.05, 4.69) is 10.3 Å².